The maximum Gasteiger partial charge on any atom is 0.292 e. The van der Waals surface area contributed by atoms with Crippen molar-refractivity contribution in [3.05, 3.63) is 93.5 Å². The van der Waals surface area contributed by atoms with E-state index in [4.69, 9.17) is 11.6 Å². The fraction of sp³-hybridized carbons (Fsp3) is 0.250. The van der Waals surface area contributed by atoms with Crippen LogP contribution in [0.2, 0.25) is 5.02 Å². The smallest absolute Gasteiger partial charge is 0.292 e. The second-order valence-corrected chi connectivity index (χ2v) is 10.5. The van der Waals surface area contributed by atoms with Gasteiger partial charge in [-0.25, -0.2) is 8.42 Å². The Kier molecular flexibility index (Phi) is 7.06. The number of nitrogens with one attached hydrogen (secondary N) is 1. The molecule has 178 valence electrons. The lowest BCUT2D eigenvalue weighted by Crippen LogP contribution is -2.48. The Morgan fingerprint density at radius 3 is 2.24 bits per heavy atom. The molecule has 1 unspecified atom stereocenters. The molecule has 0 aliphatic carbocycles. The minimum absolute atomic E-state index is 0.00418. The van der Waals surface area contributed by atoms with Gasteiger partial charge < -0.3 is 10.2 Å². The van der Waals surface area contributed by atoms with Crippen molar-refractivity contribution < 1.29 is 13.3 Å². The highest BCUT2D eigenvalue weighted by molar-refractivity contribution is 7.89. The molecule has 0 bridgehead atoms. The molecule has 3 aromatic carbocycles. The minimum Gasteiger partial charge on any atom is -0.373 e. The van der Waals surface area contributed by atoms with Crippen molar-refractivity contribution in [3.8, 4) is 0 Å². The summed E-state index contributed by atoms with van der Waals surface area (Å²) in [4.78, 5) is 13.5. The van der Waals surface area contributed by atoms with Crippen molar-refractivity contribution in [1.82, 2.24) is 4.31 Å². The van der Waals surface area contributed by atoms with Crippen LogP contribution in [-0.4, -0.2) is 43.8 Å². The average Bonchev–Trinajstić information content (AvgIpc) is 2.84. The van der Waals surface area contributed by atoms with E-state index in [1.807, 2.05) is 42.2 Å². The van der Waals surface area contributed by atoms with Crippen LogP contribution < -0.4 is 10.2 Å². The van der Waals surface area contributed by atoms with Gasteiger partial charge in [0.25, 0.3) is 5.69 Å². The van der Waals surface area contributed by atoms with Crippen molar-refractivity contribution in [2.75, 3.05) is 36.4 Å². The SMILES string of the molecule is CC(Nc1cc(N2CCN(S(=O)(=O)c3ccc(Cl)cc3)CC2)ccc1[N+](=O)[O-])c1ccccc1. The van der Waals surface area contributed by atoms with E-state index in [9.17, 15) is 18.5 Å². The Morgan fingerprint density at radius 1 is 0.971 bits per heavy atom. The number of nitro benzene ring substituents is 1. The Bertz CT molecular complexity index is 1260. The standard InChI is InChI=1S/C24H25ClN4O4S/c1-18(19-5-3-2-4-6-19)26-23-17-21(9-12-24(23)29(30)31)27-13-15-28(16-14-27)34(32,33)22-10-7-20(25)8-11-22/h2-12,17-18,26H,13-16H2,1H3. The molecule has 1 saturated heterocycles. The third-order valence-corrected chi connectivity index (χ3v) is 8.07. The third kappa shape index (κ3) is 5.16. The van der Waals surface area contributed by atoms with E-state index in [1.54, 1.807) is 24.3 Å². The van der Waals surface area contributed by atoms with Crippen molar-refractivity contribution in [3.63, 3.8) is 0 Å². The quantitative estimate of drug-likeness (QED) is 0.365. The molecule has 8 nitrogen and oxygen atoms in total. The van der Waals surface area contributed by atoms with E-state index in [2.05, 4.69) is 5.32 Å². The summed E-state index contributed by atoms with van der Waals surface area (Å²) in [6.07, 6.45) is 0. The van der Waals surface area contributed by atoms with Crippen LogP contribution in [0.5, 0.6) is 0 Å². The number of halogens is 1. The Morgan fingerprint density at radius 2 is 1.62 bits per heavy atom. The molecule has 34 heavy (non-hydrogen) atoms. The van der Waals surface area contributed by atoms with E-state index < -0.39 is 14.9 Å². The van der Waals surface area contributed by atoms with Gasteiger partial charge in [-0.3, -0.25) is 10.1 Å². The average molecular weight is 501 g/mol. The van der Waals surface area contributed by atoms with Gasteiger partial charge in [0.05, 0.1) is 9.82 Å². The van der Waals surface area contributed by atoms with Crippen molar-refractivity contribution in [2.24, 2.45) is 0 Å². The van der Waals surface area contributed by atoms with Crippen LogP contribution in [0.25, 0.3) is 0 Å². The Hall–Kier alpha value is -3.14. The number of anilines is 2. The highest BCUT2D eigenvalue weighted by atomic mass is 35.5. The molecule has 0 radical (unpaired) electrons. The van der Waals surface area contributed by atoms with Gasteiger partial charge in [0.2, 0.25) is 10.0 Å². The number of piperazine rings is 1. The molecule has 1 N–H and O–H groups in total. The van der Waals surface area contributed by atoms with E-state index >= 15 is 0 Å². The lowest BCUT2D eigenvalue weighted by atomic mass is 10.1. The first-order valence-corrected chi connectivity index (χ1v) is 12.7. The van der Waals surface area contributed by atoms with Crippen molar-refractivity contribution >= 4 is 38.7 Å². The van der Waals surface area contributed by atoms with Gasteiger partial charge in [0.15, 0.2) is 0 Å². The number of sulfonamides is 1. The summed E-state index contributed by atoms with van der Waals surface area (Å²) in [5.74, 6) is 0. The molecule has 4 rings (SSSR count). The molecule has 0 amide bonds. The number of nitrogens with zero attached hydrogens (tertiary/aromatic N) is 3. The van der Waals surface area contributed by atoms with Crippen molar-refractivity contribution in [1.29, 1.82) is 0 Å². The van der Waals surface area contributed by atoms with Gasteiger partial charge in [-0.15, -0.1) is 0 Å². The van der Waals surface area contributed by atoms with E-state index in [-0.39, 0.29) is 16.6 Å². The van der Waals surface area contributed by atoms with E-state index in [0.29, 0.717) is 36.9 Å². The molecular formula is C24H25ClN4O4S. The molecule has 1 fully saturated rings. The topological polar surface area (TPSA) is 95.8 Å². The molecule has 0 saturated carbocycles. The first-order chi connectivity index (χ1) is 16.3. The largest absolute Gasteiger partial charge is 0.373 e. The Labute approximate surface area is 204 Å². The fourth-order valence-electron chi connectivity index (χ4n) is 4.00. The van der Waals surface area contributed by atoms with Gasteiger partial charge in [-0.1, -0.05) is 41.9 Å². The van der Waals surface area contributed by atoms with Gasteiger partial charge in [-0.05, 0) is 48.9 Å². The molecule has 10 heteroatoms. The number of hydrogen-bond donors (Lipinski definition) is 1. The highest BCUT2D eigenvalue weighted by Crippen LogP contribution is 2.33. The molecule has 3 aromatic rings. The Balaban J connectivity index is 1.50. The van der Waals surface area contributed by atoms with Crippen LogP contribution in [0.15, 0.2) is 77.7 Å². The lowest BCUT2D eigenvalue weighted by Gasteiger charge is -2.35. The predicted molar refractivity (Wildman–Crippen MR) is 134 cm³/mol. The molecular weight excluding hydrogens is 476 g/mol. The molecule has 1 atom stereocenters. The zero-order chi connectivity index (χ0) is 24.3. The fourth-order valence-corrected chi connectivity index (χ4v) is 5.54. The third-order valence-electron chi connectivity index (χ3n) is 5.90. The van der Waals surface area contributed by atoms with Crippen LogP contribution in [0, 0.1) is 10.1 Å². The summed E-state index contributed by atoms with van der Waals surface area (Å²) < 4.78 is 27.4. The summed E-state index contributed by atoms with van der Waals surface area (Å²) in [5.41, 5.74) is 2.24. The maximum absolute atomic E-state index is 13.0. The van der Waals surface area contributed by atoms with Gasteiger partial charge in [0.1, 0.15) is 5.69 Å². The maximum atomic E-state index is 13.0. The number of rotatable bonds is 7. The number of hydrogen-bond acceptors (Lipinski definition) is 6. The zero-order valence-corrected chi connectivity index (χ0v) is 20.2. The monoisotopic (exact) mass is 500 g/mol. The normalized spacial score (nSPS) is 15.6. The molecule has 1 heterocycles. The van der Waals surface area contributed by atoms with Crippen LogP contribution in [0.3, 0.4) is 0 Å². The number of benzene rings is 3. The van der Waals surface area contributed by atoms with Crippen LogP contribution in [0.1, 0.15) is 18.5 Å². The van der Waals surface area contributed by atoms with Crippen LogP contribution in [0.4, 0.5) is 17.1 Å². The highest BCUT2D eigenvalue weighted by Gasteiger charge is 2.29. The second kappa shape index (κ2) is 10.0. The predicted octanol–water partition coefficient (Wildman–Crippen LogP) is 4.93. The summed E-state index contributed by atoms with van der Waals surface area (Å²) in [5, 5.41) is 15.3. The van der Waals surface area contributed by atoms with E-state index in [0.717, 1.165) is 11.3 Å². The first kappa shape index (κ1) is 24.0. The molecule has 1 aliphatic rings. The van der Waals surface area contributed by atoms with Gasteiger partial charge in [0, 0.05) is 49.0 Å². The summed E-state index contributed by atoms with van der Waals surface area (Å²) >= 11 is 5.88. The van der Waals surface area contributed by atoms with Crippen LogP contribution >= 0.6 is 11.6 Å². The number of nitro groups is 1. The first-order valence-electron chi connectivity index (χ1n) is 10.9. The second-order valence-electron chi connectivity index (χ2n) is 8.08. The van der Waals surface area contributed by atoms with Crippen molar-refractivity contribution in [2.45, 2.75) is 17.9 Å². The molecule has 1 aliphatic heterocycles. The summed E-state index contributed by atoms with van der Waals surface area (Å²) in [6, 6.07) is 20.7. The minimum atomic E-state index is -3.61. The lowest BCUT2D eigenvalue weighted by molar-refractivity contribution is -0.384. The summed E-state index contributed by atoms with van der Waals surface area (Å²) in [7, 11) is -3.61. The molecule has 0 aromatic heterocycles. The van der Waals surface area contributed by atoms with Crippen LogP contribution in [-0.2, 0) is 10.0 Å². The zero-order valence-electron chi connectivity index (χ0n) is 18.6. The summed E-state index contributed by atoms with van der Waals surface area (Å²) in [6.45, 7) is 3.51. The van der Waals surface area contributed by atoms with Gasteiger partial charge >= 0.3 is 0 Å². The van der Waals surface area contributed by atoms with E-state index in [1.165, 1.54) is 22.5 Å². The molecule has 0 spiro atoms. The van der Waals surface area contributed by atoms with Gasteiger partial charge in [-0.2, -0.15) is 4.31 Å².